The number of ether oxygens (including phenoxy) is 1. The van der Waals surface area contributed by atoms with Crippen molar-refractivity contribution in [1.29, 1.82) is 0 Å². The monoisotopic (exact) mass is 274 g/mol. The van der Waals surface area contributed by atoms with Gasteiger partial charge in [-0.3, -0.25) is 0 Å². The fourth-order valence-electron chi connectivity index (χ4n) is 1.60. The Labute approximate surface area is 115 Å². The van der Waals surface area contributed by atoms with Crippen LogP contribution in [0, 0.1) is 23.5 Å². The summed E-state index contributed by atoms with van der Waals surface area (Å²) >= 11 is 0. The minimum atomic E-state index is -0.629. The molecule has 20 heavy (non-hydrogen) atoms. The molecule has 0 amide bonds. The van der Waals surface area contributed by atoms with Gasteiger partial charge in [-0.25, -0.2) is 8.78 Å². The largest absolute Gasteiger partial charge is 0.489 e. The number of halogens is 2. The van der Waals surface area contributed by atoms with Gasteiger partial charge in [-0.05, 0) is 36.4 Å². The second-order valence-corrected chi connectivity index (χ2v) is 3.97. The van der Waals surface area contributed by atoms with E-state index >= 15 is 0 Å². The number of aliphatic hydroxyl groups excluding tert-OH is 1. The SMILES string of the molecule is OCC#Cc1ccc(OCc2c(F)cccc2F)cc1. The molecule has 0 aliphatic rings. The summed E-state index contributed by atoms with van der Waals surface area (Å²) in [4.78, 5) is 0. The highest BCUT2D eigenvalue weighted by molar-refractivity contribution is 5.38. The normalized spacial score (nSPS) is 9.75. The van der Waals surface area contributed by atoms with Gasteiger partial charge in [0, 0.05) is 5.56 Å². The third-order valence-electron chi connectivity index (χ3n) is 2.61. The third kappa shape index (κ3) is 3.56. The Morgan fingerprint density at radius 1 is 1.00 bits per heavy atom. The molecule has 0 saturated heterocycles. The molecule has 2 aromatic rings. The molecule has 0 aliphatic carbocycles. The molecule has 0 bridgehead atoms. The predicted molar refractivity (Wildman–Crippen MR) is 71.1 cm³/mol. The van der Waals surface area contributed by atoms with Crippen molar-refractivity contribution in [2.45, 2.75) is 6.61 Å². The summed E-state index contributed by atoms with van der Waals surface area (Å²) in [5.74, 6) is 4.49. The highest BCUT2D eigenvalue weighted by Gasteiger charge is 2.08. The predicted octanol–water partition coefficient (Wildman–Crippen LogP) is 2.89. The van der Waals surface area contributed by atoms with Gasteiger partial charge >= 0.3 is 0 Å². The van der Waals surface area contributed by atoms with E-state index in [1.54, 1.807) is 24.3 Å². The Hall–Kier alpha value is -2.38. The molecule has 2 nitrogen and oxygen atoms in total. The lowest BCUT2D eigenvalue weighted by molar-refractivity contribution is 0.292. The summed E-state index contributed by atoms with van der Waals surface area (Å²) in [7, 11) is 0. The van der Waals surface area contributed by atoms with Gasteiger partial charge in [0.15, 0.2) is 0 Å². The summed E-state index contributed by atoms with van der Waals surface area (Å²) in [6.07, 6.45) is 0. The van der Waals surface area contributed by atoms with Crippen molar-refractivity contribution in [1.82, 2.24) is 0 Å². The Kier molecular flexibility index (Phi) is 4.70. The molecule has 2 aromatic carbocycles. The standard InChI is InChI=1S/C16H12F2O2/c17-15-4-1-5-16(18)14(15)11-20-13-8-6-12(7-9-13)3-2-10-19/h1,4-9,19H,10-11H2. The van der Waals surface area contributed by atoms with Crippen molar-refractivity contribution in [3.63, 3.8) is 0 Å². The second kappa shape index (κ2) is 6.69. The van der Waals surface area contributed by atoms with Crippen LogP contribution in [0.2, 0.25) is 0 Å². The average molecular weight is 274 g/mol. The maximum Gasteiger partial charge on any atom is 0.132 e. The van der Waals surface area contributed by atoms with Crippen molar-refractivity contribution in [2.24, 2.45) is 0 Å². The van der Waals surface area contributed by atoms with E-state index in [0.717, 1.165) is 5.56 Å². The van der Waals surface area contributed by atoms with Crippen LogP contribution < -0.4 is 4.74 Å². The van der Waals surface area contributed by atoms with E-state index in [9.17, 15) is 8.78 Å². The maximum absolute atomic E-state index is 13.4. The lowest BCUT2D eigenvalue weighted by Crippen LogP contribution is -2.01. The van der Waals surface area contributed by atoms with Crippen LogP contribution in [0.1, 0.15) is 11.1 Å². The van der Waals surface area contributed by atoms with Crippen LogP contribution >= 0.6 is 0 Å². The van der Waals surface area contributed by atoms with E-state index < -0.39 is 11.6 Å². The van der Waals surface area contributed by atoms with E-state index in [1.165, 1.54) is 18.2 Å². The van der Waals surface area contributed by atoms with Gasteiger partial charge in [0.05, 0.1) is 5.56 Å². The molecule has 0 radical (unpaired) electrons. The lowest BCUT2D eigenvalue weighted by Gasteiger charge is -2.08. The van der Waals surface area contributed by atoms with E-state index in [-0.39, 0.29) is 18.8 Å². The summed E-state index contributed by atoms with van der Waals surface area (Å²) in [5, 5.41) is 8.58. The van der Waals surface area contributed by atoms with Crippen LogP contribution in [0.4, 0.5) is 8.78 Å². The van der Waals surface area contributed by atoms with Gasteiger partial charge in [-0.15, -0.1) is 0 Å². The molecular weight excluding hydrogens is 262 g/mol. The smallest absolute Gasteiger partial charge is 0.132 e. The maximum atomic E-state index is 13.4. The van der Waals surface area contributed by atoms with Crippen molar-refractivity contribution >= 4 is 0 Å². The average Bonchev–Trinajstić information content (AvgIpc) is 2.46. The molecule has 0 atom stereocenters. The zero-order valence-corrected chi connectivity index (χ0v) is 10.6. The first-order chi connectivity index (χ1) is 9.70. The summed E-state index contributed by atoms with van der Waals surface area (Å²) < 4.78 is 32.1. The number of benzene rings is 2. The molecule has 1 N–H and O–H groups in total. The Bertz CT molecular complexity index is 620. The Balaban J connectivity index is 2.04. The van der Waals surface area contributed by atoms with Crippen LogP contribution in [0.25, 0.3) is 0 Å². The molecule has 2 rings (SSSR count). The molecule has 0 saturated carbocycles. The van der Waals surface area contributed by atoms with Crippen molar-refractivity contribution in [2.75, 3.05) is 6.61 Å². The number of aliphatic hydroxyl groups is 1. The van der Waals surface area contributed by atoms with Gasteiger partial charge in [-0.2, -0.15) is 0 Å². The summed E-state index contributed by atoms with van der Waals surface area (Å²) in [5.41, 5.74) is 0.625. The Morgan fingerprint density at radius 3 is 2.25 bits per heavy atom. The van der Waals surface area contributed by atoms with Gasteiger partial charge in [0.2, 0.25) is 0 Å². The van der Waals surface area contributed by atoms with E-state index in [4.69, 9.17) is 9.84 Å². The quantitative estimate of drug-likeness (QED) is 0.872. The zero-order valence-electron chi connectivity index (χ0n) is 10.6. The highest BCUT2D eigenvalue weighted by Crippen LogP contribution is 2.17. The molecule has 0 heterocycles. The van der Waals surface area contributed by atoms with E-state index in [1.807, 2.05) is 0 Å². The van der Waals surface area contributed by atoms with E-state index in [0.29, 0.717) is 5.75 Å². The first-order valence-corrected chi connectivity index (χ1v) is 5.96. The second-order valence-electron chi connectivity index (χ2n) is 3.97. The number of hydrogen-bond acceptors (Lipinski definition) is 2. The first-order valence-electron chi connectivity index (χ1n) is 5.96. The summed E-state index contributed by atoms with van der Waals surface area (Å²) in [6.45, 7) is -0.384. The van der Waals surface area contributed by atoms with Crippen molar-refractivity contribution < 1.29 is 18.6 Å². The molecule has 0 aliphatic heterocycles. The Morgan fingerprint density at radius 2 is 1.65 bits per heavy atom. The molecule has 102 valence electrons. The fourth-order valence-corrected chi connectivity index (χ4v) is 1.60. The van der Waals surface area contributed by atoms with E-state index in [2.05, 4.69) is 11.8 Å². The van der Waals surface area contributed by atoms with Crippen LogP contribution in [-0.4, -0.2) is 11.7 Å². The van der Waals surface area contributed by atoms with Gasteiger partial charge < -0.3 is 9.84 Å². The third-order valence-corrected chi connectivity index (χ3v) is 2.61. The van der Waals surface area contributed by atoms with Crippen LogP contribution in [0.5, 0.6) is 5.75 Å². The van der Waals surface area contributed by atoms with Gasteiger partial charge in [0.1, 0.15) is 30.6 Å². The molecule has 4 heteroatoms. The number of hydrogen-bond donors (Lipinski definition) is 1. The van der Waals surface area contributed by atoms with Gasteiger partial charge in [-0.1, -0.05) is 17.9 Å². The molecule has 0 aromatic heterocycles. The fraction of sp³-hybridized carbons (Fsp3) is 0.125. The first kappa shape index (κ1) is 14.0. The van der Waals surface area contributed by atoms with Gasteiger partial charge in [0.25, 0.3) is 0 Å². The molecule has 0 fully saturated rings. The summed E-state index contributed by atoms with van der Waals surface area (Å²) in [6, 6.07) is 10.4. The van der Waals surface area contributed by atoms with Crippen LogP contribution in [0.15, 0.2) is 42.5 Å². The highest BCUT2D eigenvalue weighted by atomic mass is 19.1. The molecule has 0 unspecified atom stereocenters. The zero-order chi connectivity index (χ0) is 14.4. The minimum absolute atomic E-state index is 0.100. The number of rotatable bonds is 3. The molecule has 0 spiro atoms. The minimum Gasteiger partial charge on any atom is -0.489 e. The lowest BCUT2D eigenvalue weighted by atomic mass is 10.2. The van der Waals surface area contributed by atoms with Crippen molar-refractivity contribution in [3.05, 3.63) is 65.2 Å². The molecular formula is C16H12F2O2. The van der Waals surface area contributed by atoms with Crippen LogP contribution in [0.3, 0.4) is 0 Å². The topological polar surface area (TPSA) is 29.5 Å². The van der Waals surface area contributed by atoms with Crippen LogP contribution in [-0.2, 0) is 6.61 Å². The van der Waals surface area contributed by atoms with Crippen molar-refractivity contribution in [3.8, 4) is 17.6 Å².